The second kappa shape index (κ2) is 6.48. The van der Waals surface area contributed by atoms with Crippen molar-refractivity contribution in [2.75, 3.05) is 20.2 Å². The molecule has 2 aliphatic rings. The number of hydrogen-bond donors (Lipinski definition) is 1. The van der Waals surface area contributed by atoms with E-state index in [0.29, 0.717) is 24.4 Å². The molecule has 2 bridgehead atoms. The summed E-state index contributed by atoms with van der Waals surface area (Å²) in [5, 5.41) is 3.44. The highest BCUT2D eigenvalue weighted by molar-refractivity contribution is 5.77. The summed E-state index contributed by atoms with van der Waals surface area (Å²) in [4.78, 5) is 14.8. The van der Waals surface area contributed by atoms with Crippen molar-refractivity contribution in [1.82, 2.24) is 10.2 Å². The van der Waals surface area contributed by atoms with Crippen LogP contribution in [-0.4, -0.2) is 43.1 Å². The van der Waals surface area contributed by atoms with E-state index in [-0.39, 0.29) is 0 Å². The number of benzene rings is 1. The minimum absolute atomic E-state index is 0.303. The average Bonchev–Trinajstić information content (AvgIpc) is 2.78. The first kappa shape index (κ1) is 14.4. The fraction of sp³-hybridized carbons (Fsp3) is 0.588. The number of nitrogens with one attached hydrogen (secondary N) is 1. The zero-order chi connectivity index (χ0) is 14.7. The number of hydrogen-bond acceptors (Lipinski definition) is 3. The van der Waals surface area contributed by atoms with Gasteiger partial charge in [0, 0.05) is 25.0 Å². The summed E-state index contributed by atoms with van der Waals surface area (Å²) in [5.74, 6) is 1.18. The number of rotatable bonds is 4. The van der Waals surface area contributed by atoms with Gasteiger partial charge in [0.2, 0.25) is 5.91 Å². The number of para-hydroxylation sites is 1. The fourth-order valence-electron chi connectivity index (χ4n) is 3.67. The molecule has 2 atom stereocenters. The molecule has 1 aromatic rings. The number of methoxy groups -OCH3 is 1. The zero-order valence-corrected chi connectivity index (χ0v) is 12.7. The van der Waals surface area contributed by atoms with Crippen molar-refractivity contribution < 1.29 is 9.53 Å². The number of carbonyl (C=O) groups is 1. The van der Waals surface area contributed by atoms with Crippen molar-refractivity contribution in [3.05, 3.63) is 29.8 Å². The summed E-state index contributed by atoms with van der Waals surface area (Å²) in [5.41, 5.74) is 1.12. The summed E-state index contributed by atoms with van der Waals surface area (Å²) in [7, 11) is 1.68. The Morgan fingerprint density at radius 1 is 1.29 bits per heavy atom. The number of amides is 1. The molecule has 0 radical (unpaired) electrons. The number of ether oxygens (including phenoxy) is 1. The number of carbonyl (C=O) groups excluding carboxylic acids is 1. The standard InChI is InChI=1S/C17H24N2O2/c1-21-16-5-3-2-4-13(16)6-9-17(20)19-14-7-8-15(19)12-18-11-10-14/h2-5,14-15,18H,6-12H2,1H3. The number of fused-ring (bicyclic) bond motifs is 2. The third-order valence-electron chi connectivity index (χ3n) is 4.74. The van der Waals surface area contributed by atoms with E-state index in [9.17, 15) is 4.79 Å². The van der Waals surface area contributed by atoms with E-state index in [1.165, 1.54) is 6.42 Å². The van der Waals surface area contributed by atoms with Crippen LogP contribution in [0.5, 0.6) is 5.75 Å². The third-order valence-corrected chi connectivity index (χ3v) is 4.74. The molecule has 1 N–H and O–H groups in total. The Labute approximate surface area is 126 Å². The Kier molecular flexibility index (Phi) is 4.44. The Hall–Kier alpha value is -1.55. The van der Waals surface area contributed by atoms with Gasteiger partial charge in [-0.3, -0.25) is 4.79 Å². The minimum Gasteiger partial charge on any atom is -0.496 e. The van der Waals surface area contributed by atoms with E-state index in [1.54, 1.807) is 7.11 Å². The highest BCUT2D eigenvalue weighted by atomic mass is 16.5. The van der Waals surface area contributed by atoms with Crippen LogP contribution in [0.15, 0.2) is 24.3 Å². The monoisotopic (exact) mass is 288 g/mol. The summed E-state index contributed by atoms with van der Waals surface area (Å²) >= 11 is 0. The van der Waals surface area contributed by atoms with Crippen LogP contribution in [-0.2, 0) is 11.2 Å². The van der Waals surface area contributed by atoms with Crippen molar-refractivity contribution >= 4 is 5.91 Å². The van der Waals surface area contributed by atoms with Crippen LogP contribution in [0.4, 0.5) is 0 Å². The molecule has 2 fully saturated rings. The van der Waals surface area contributed by atoms with E-state index in [1.807, 2.05) is 24.3 Å². The predicted molar refractivity (Wildman–Crippen MR) is 82.5 cm³/mol. The largest absolute Gasteiger partial charge is 0.496 e. The van der Waals surface area contributed by atoms with Crippen molar-refractivity contribution in [2.24, 2.45) is 0 Å². The first-order chi connectivity index (χ1) is 10.3. The second-order valence-corrected chi connectivity index (χ2v) is 5.99. The van der Waals surface area contributed by atoms with Crippen molar-refractivity contribution in [2.45, 2.75) is 44.2 Å². The van der Waals surface area contributed by atoms with Crippen molar-refractivity contribution in [1.29, 1.82) is 0 Å². The van der Waals surface area contributed by atoms with Gasteiger partial charge in [0.05, 0.1) is 7.11 Å². The van der Waals surface area contributed by atoms with Crippen LogP contribution in [0.25, 0.3) is 0 Å². The maximum absolute atomic E-state index is 12.6. The molecule has 4 nitrogen and oxygen atoms in total. The van der Waals surface area contributed by atoms with Crippen LogP contribution in [0.3, 0.4) is 0 Å². The predicted octanol–water partition coefficient (Wildman–Crippen LogP) is 1.98. The summed E-state index contributed by atoms with van der Waals surface area (Å²) in [6.07, 6.45) is 4.75. The van der Waals surface area contributed by atoms with Crippen LogP contribution in [0, 0.1) is 0 Å². The molecular weight excluding hydrogens is 264 g/mol. The molecule has 2 heterocycles. The summed E-state index contributed by atoms with van der Waals surface area (Å²) in [6, 6.07) is 8.83. The molecular formula is C17H24N2O2. The van der Waals surface area contributed by atoms with Gasteiger partial charge in [0.1, 0.15) is 5.75 Å². The molecule has 2 aliphatic heterocycles. The van der Waals surface area contributed by atoms with Gasteiger partial charge >= 0.3 is 0 Å². The van der Waals surface area contributed by atoms with Crippen LogP contribution < -0.4 is 10.1 Å². The van der Waals surface area contributed by atoms with Gasteiger partial charge in [-0.15, -0.1) is 0 Å². The topological polar surface area (TPSA) is 41.6 Å². The molecule has 0 aliphatic carbocycles. The smallest absolute Gasteiger partial charge is 0.223 e. The second-order valence-electron chi connectivity index (χ2n) is 5.99. The average molecular weight is 288 g/mol. The molecule has 4 heteroatoms. The molecule has 0 spiro atoms. The Balaban J connectivity index is 1.64. The Morgan fingerprint density at radius 3 is 2.95 bits per heavy atom. The first-order valence-electron chi connectivity index (χ1n) is 7.93. The normalized spacial score (nSPS) is 24.7. The van der Waals surface area contributed by atoms with Crippen molar-refractivity contribution in [3.8, 4) is 5.75 Å². The molecule has 1 amide bonds. The zero-order valence-electron chi connectivity index (χ0n) is 12.7. The van der Waals surface area contributed by atoms with E-state index in [2.05, 4.69) is 10.2 Å². The van der Waals surface area contributed by atoms with Crippen molar-refractivity contribution in [3.63, 3.8) is 0 Å². The van der Waals surface area contributed by atoms with Crippen LogP contribution >= 0.6 is 0 Å². The quantitative estimate of drug-likeness (QED) is 0.921. The highest BCUT2D eigenvalue weighted by Gasteiger charge is 2.37. The van der Waals surface area contributed by atoms with Gasteiger partial charge < -0.3 is 15.0 Å². The molecule has 21 heavy (non-hydrogen) atoms. The Bertz CT molecular complexity index is 489. The van der Waals surface area contributed by atoms with E-state index in [0.717, 1.165) is 43.7 Å². The van der Waals surface area contributed by atoms with Gasteiger partial charge in [-0.2, -0.15) is 0 Å². The number of nitrogens with zero attached hydrogens (tertiary/aromatic N) is 1. The summed E-state index contributed by atoms with van der Waals surface area (Å²) in [6.45, 7) is 1.99. The van der Waals surface area contributed by atoms with Crippen LogP contribution in [0.2, 0.25) is 0 Å². The molecule has 114 valence electrons. The molecule has 0 saturated carbocycles. The lowest BCUT2D eigenvalue weighted by molar-refractivity contribution is -0.133. The van der Waals surface area contributed by atoms with Gasteiger partial charge in [-0.25, -0.2) is 0 Å². The van der Waals surface area contributed by atoms with Gasteiger partial charge in [0.15, 0.2) is 0 Å². The molecule has 0 aromatic heterocycles. The van der Waals surface area contributed by atoms with E-state index >= 15 is 0 Å². The Morgan fingerprint density at radius 2 is 2.10 bits per heavy atom. The molecule has 2 unspecified atom stereocenters. The number of aryl methyl sites for hydroxylation is 1. The van der Waals surface area contributed by atoms with Gasteiger partial charge in [-0.05, 0) is 43.9 Å². The summed E-state index contributed by atoms with van der Waals surface area (Å²) < 4.78 is 5.36. The van der Waals surface area contributed by atoms with Crippen LogP contribution in [0.1, 0.15) is 31.2 Å². The van der Waals surface area contributed by atoms with Gasteiger partial charge in [0.25, 0.3) is 0 Å². The first-order valence-corrected chi connectivity index (χ1v) is 7.93. The molecule has 2 saturated heterocycles. The molecule has 3 rings (SSSR count). The third kappa shape index (κ3) is 3.05. The lowest BCUT2D eigenvalue weighted by Gasteiger charge is -2.28. The SMILES string of the molecule is COc1ccccc1CCC(=O)N1C2CCNCC1CC2. The lowest BCUT2D eigenvalue weighted by Crippen LogP contribution is -2.42. The minimum atomic E-state index is 0.303. The maximum atomic E-state index is 12.6. The maximum Gasteiger partial charge on any atom is 0.223 e. The molecule has 1 aromatic carbocycles. The highest BCUT2D eigenvalue weighted by Crippen LogP contribution is 2.29. The van der Waals surface area contributed by atoms with E-state index < -0.39 is 0 Å². The van der Waals surface area contributed by atoms with Gasteiger partial charge in [-0.1, -0.05) is 18.2 Å². The lowest BCUT2D eigenvalue weighted by atomic mass is 10.1. The fourth-order valence-corrected chi connectivity index (χ4v) is 3.67. The van der Waals surface area contributed by atoms with E-state index in [4.69, 9.17) is 4.74 Å².